The largest absolute Gasteiger partial charge is 0.350 e. The van der Waals surface area contributed by atoms with Crippen LogP contribution in [0.4, 0.5) is 0 Å². The topological polar surface area (TPSA) is 72.7 Å². The Balaban J connectivity index is 1.58. The Kier molecular flexibility index (Phi) is 4.63. The van der Waals surface area contributed by atoms with E-state index in [2.05, 4.69) is 20.6 Å². The lowest BCUT2D eigenvalue weighted by Crippen LogP contribution is -2.24. The molecule has 0 atom stereocenters. The maximum absolute atomic E-state index is 12.0. The minimum Gasteiger partial charge on any atom is -0.350 e. The molecule has 1 aromatic carbocycles. The highest BCUT2D eigenvalue weighted by Crippen LogP contribution is 2.15. The number of rotatable bonds is 5. The van der Waals surface area contributed by atoms with Crippen LogP contribution in [0.1, 0.15) is 11.3 Å². The maximum atomic E-state index is 12.0. The van der Waals surface area contributed by atoms with E-state index in [1.54, 1.807) is 29.3 Å². The summed E-state index contributed by atoms with van der Waals surface area (Å²) < 4.78 is 1.64. The Morgan fingerprint density at radius 1 is 1.17 bits per heavy atom. The standard InChI is InChI=1S/C16H14ClN5O/c17-15-4-2-1-3-12(15)9-16(23)19-10-13-11-22(21-20-13)14-5-7-18-8-6-14/h1-8,11H,9-10H2,(H,19,23). The van der Waals surface area contributed by atoms with Crippen molar-refractivity contribution in [2.45, 2.75) is 13.0 Å². The highest BCUT2D eigenvalue weighted by molar-refractivity contribution is 6.31. The summed E-state index contributed by atoms with van der Waals surface area (Å²) >= 11 is 6.05. The highest BCUT2D eigenvalue weighted by atomic mass is 35.5. The molecule has 0 fully saturated rings. The molecule has 0 radical (unpaired) electrons. The van der Waals surface area contributed by atoms with Gasteiger partial charge in [-0.25, -0.2) is 4.68 Å². The van der Waals surface area contributed by atoms with Crippen molar-refractivity contribution in [1.29, 1.82) is 0 Å². The van der Waals surface area contributed by atoms with Crippen molar-refractivity contribution in [2.75, 3.05) is 0 Å². The van der Waals surface area contributed by atoms with Crippen LogP contribution < -0.4 is 5.32 Å². The quantitative estimate of drug-likeness (QED) is 0.779. The summed E-state index contributed by atoms with van der Waals surface area (Å²) in [5, 5.41) is 11.5. The first-order valence-electron chi connectivity index (χ1n) is 7.04. The lowest BCUT2D eigenvalue weighted by Gasteiger charge is -2.04. The molecule has 7 heteroatoms. The molecule has 2 aromatic heterocycles. The predicted molar refractivity (Wildman–Crippen MR) is 86.2 cm³/mol. The molecule has 0 saturated heterocycles. The van der Waals surface area contributed by atoms with E-state index in [9.17, 15) is 4.79 Å². The Hall–Kier alpha value is -2.73. The molecule has 0 saturated carbocycles. The highest BCUT2D eigenvalue weighted by Gasteiger charge is 2.08. The SMILES string of the molecule is O=C(Cc1ccccc1Cl)NCc1cn(-c2ccncc2)nn1. The molecule has 0 bridgehead atoms. The molecule has 0 aliphatic carbocycles. The van der Waals surface area contributed by atoms with Crippen molar-refractivity contribution in [2.24, 2.45) is 0 Å². The smallest absolute Gasteiger partial charge is 0.224 e. The van der Waals surface area contributed by atoms with Gasteiger partial charge in [-0.05, 0) is 23.8 Å². The monoisotopic (exact) mass is 327 g/mol. The third-order valence-electron chi connectivity index (χ3n) is 3.24. The van der Waals surface area contributed by atoms with Crippen molar-refractivity contribution in [3.05, 3.63) is 71.3 Å². The number of nitrogens with one attached hydrogen (secondary N) is 1. The van der Waals surface area contributed by atoms with Crippen LogP contribution in [-0.4, -0.2) is 25.9 Å². The number of benzene rings is 1. The Morgan fingerprint density at radius 2 is 1.96 bits per heavy atom. The minimum atomic E-state index is -0.114. The van der Waals surface area contributed by atoms with Gasteiger partial charge in [0.25, 0.3) is 0 Å². The molecule has 116 valence electrons. The molecule has 3 rings (SSSR count). The molecule has 0 aliphatic heterocycles. The van der Waals surface area contributed by atoms with Gasteiger partial charge < -0.3 is 5.32 Å². The van der Waals surface area contributed by atoms with E-state index in [1.807, 2.05) is 30.3 Å². The number of carbonyl (C=O) groups is 1. The summed E-state index contributed by atoms with van der Waals surface area (Å²) in [5.41, 5.74) is 2.34. The number of nitrogens with zero attached hydrogens (tertiary/aromatic N) is 4. The van der Waals surface area contributed by atoms with Crippen LogP contribution in [0.3, 0.4) is 0 Å². The second-order valence-corrected chi connectivity index (χ2v) is 5.31. The number of hydrogen-bond donors (Lipinski definition) is 1. The minimum absolute atomic E-state index is 0.114. The van der Waals surface area contributed by atoms with Crippen molar-refractivity contribution in [3.8, 4) is 5.69 Å². The second kappa shape index (κ2) is 7.02. The number of amides is 1. The van der Waals surface area contributed by atoms with Crippen molar-refractivity contribution < 1.29 is 4.79 Å². The Labute approximate surface area is 138 Å². The molecule has 2 heterocycles. The van der Waals surface area contributed by atoms with Crippen molar-refractivity contribution in [3.63, 3.8) is 0 Å². The van der Waals surface area contributed by atoms with Crippen molar-refractivity contribution in [1.82, 2.24) is 25.3 Å². The zero-order valence-corrected chi connectivity index (χ0v) is 12.9. The van der Waals surface area contributed by atoms with Crippen LogP contribution in [0.2, 0.25) is 5.02 Å². The first kappa shape index (κ1) is 15.2. The van der Waals surface area contributed by atoms with Crippen LogP contribution >= 0.6 is 11.6 Å². The van der Waals surface area contributed by atoms with E-state index in [1.165, 1.54) is 0 Å². The summed E-state index contributed by atoms with van der Waals surface area (Å²) in [6, 6.07) is 10.9. The van der Waals surface area contributed by atoms with Gasteiger partial charge in [0.15, 0.2) is 0 Å². The third kappa shape index (κ3) is 3.92. The first-order chi connectivity index (χ1) is 11.2. The number of pyridine rings is 1. The van der Waals surface area contributed by atoms with Crippen molar-refractivity contribution >= 4 is 17.5 Å². The first-order valence-corrected chi connectivity index (χ1v) is 7.42. The maximum Gasteiger partial charge on any atom is 0.224 e. The Bertz CT molecular complexity index is 803. The fraction of sp³-hybridized carbons (Fsp3) is 0.125. The summed E-state index contributed by atoms with van der Waals surface area (Å²) in [6.45, 7) is 0.314. The van der Waals surface area contributed by atoms with Gasteiger partial charge in [-0.2, -0.15) is 0 Å². The summed E-state index contributed by atoms with van der Waals surface area (Å²) in [4.78, 5) is 15.9. The zero-order valence-electron chi connectivity index (χ0n) is 12.2. The predicted octanol–water partition coefficient (Wildman–Crippen LogP) is 2.17. The number of halogens is 1. The normalized spacial score (nSPS) is 10.5. The average Bonchev–Trinajstić information content (AvgIpc) is 3.05. The molecule has 1 N–H and O–H groups in total. The van der Waals surface area contributed by atoms with Crippen LogP contribution in [0.25, 0.3) is 5.69 Å². The second-order valence-electron chi connectivity index (χ2n) is 4.90. The molecule has 0 unspecified atom stereocenters. The molecule has 6 nitrogen and oxygen atoms in total. The van der Waals surface area contributed by atoms with E-state index in [0.717, 1.165) is 11.3 Å². The third-order valence-corrected chi connectivity index (χ3v) is 3.61. The molecular formula is C16H14ClN5O. The fourth-order valence-corrected chi connectivity index (χ4v) is 2.27. The molecule has 1 amide bonds. The Morgan fingerprint density at radius 3 is 2.74 bits per heavy atom. The van der Waals surface area contributed by atoms with Gasteiger partial charge in [0, 0.05) is 17.4 Å². The molecular weight excluding hydrogens is 314 g/mol. The number of carbonyl (C=O) groups excluding carboxylic acids is 1. The van der Waals surface area contributed by atoms with Crippen LogP contribution in [0.15, 0.2) is 55.0 Å². The molecule has 23 heavy (non-hydrogen) atoms. The van der Waals surface area contributed by atoms with Gasteiger partial charge in [-0.3, -0.25) is 9.78 Å². The van der Waals surface area contributed by atoms with Crippen LogP contribution in [0.5, 0.6) is 0 Å². The summed E-state index contributed by atoms with van der Waals surface area (Å²) in [7, 11) is 0. The van der Waals surface area contributed by atoms with E-state index in [4.69, 9.17) is 11.6 Å². The molecule has 0 aliphatic rings. The van der Waals surface area contributed by atoms with E-state index < -0.39 is 0 Å². The zero-order chi connectivity index (χ0) is 16.1. The number of aromatic nitrogens is 4. The van der Waals surface area contributed by atoms with Crippen LogP contribution in [0, 0.1) is 0 Å². The summed E-state index contributed by atoms with van der Waals surface area (Å²) in [5.74, 6) is -0.114. The van der Waals surface area contributed by atoms with Gasteiger partial charge >= 0.3 is 0 Å². The molecule has 0 spiro atoms. The van der Waals surface area contributed by atoms with Gasteiger partial charge in [-0.1, -0.05) is 35.0 Å². The average molecular weight is 328 g/mol. The summed E-state index contributed by atoms with van der Waals surface area (Å²) in [6.07, 6.45) is 5.37. The van der Waals surface area contributed by atoms with E-state index >= 15 is 0 Å². The van der Waals surface area contributed by atoms with Crippen LogP contribution in [-0.2, 0) is 17.8 Å². The van der Waals surface area contributed by atoms with Gasteiger partial charge in [0.05, 0.1) is 24.8 Å². The fourth-order valence-electron chi connectivity index (χ4n) is 2.07. The lowest BCUT2D eigenvalue weighted by atomic mass is 10.1. The molecule has 3 aromatic rings. The van der Waals surface area contributed by atoms with Gasteiger partial charge in [0.1, 0.15) is 5.69 Å². The lowest BCUT2D eigenvalue weighted by molar-refractivity contribution is -0.120. The van der Waals surface area contributed by atoms with E-state index in [0.29, 0.717) is 17.3 Å². The van der Waals surface area contributed by atoms with Gasteiger partial charge in [0.2, 0.25) is 5.91 Å². The van der Waals surface area contributed by atoms with E-state index in [-0.39, 0.29) is 12.3 Å². The number of hydrogen-bond acceptors (Lipinski definition) is 4. The van der Waals surface area contributed by atoms with Gasteiger partial charge in [-0.15, -0.1) is 5.10 Å².